The standard InChI is InChI=1S/C22H25N3O4/c1-16-3-2-4-17(13-16)15-24-20(26)19-14-18(5-8-23-19)21(27)25-9-6-22(7-10-25)28-11-12-29-22/h2-5,8,13-14H,6-7,9-12,15H2,1H3,(H,24,26). The zero-order valence-corrected chi connectivity index (χ0v) is 16.5. The third kappa shape index (κ3) is 4.46. The highest BCUT2D eigenvalue weighted by Crippen LogP contribution is 2.31. The minimum absolute atomic E-state index is 0.104. The third-order valence-corrected chi connectivity index (χ3v) is 5.40. The molecule has 0 saturated carbocycles. The van der Waals surface area contributed by atoms with E-state index in [2.05, 4.69) is 10.3 Å². The fraction of sp³-hybridized carbons (Fsp3) is 0.409. The maximum Gasteiger partial charge on any atom is 0.270 e. The molecule has 0 atom stereocenters. The average molecular weight is 395 g/mol. The Bertz CT molecular complexity index is 898. The number of carbonyl (C=O) groups is 2. The maximum absolute atomic E-state index is 12.9. The van der Waals surface area contributed by atoms with Crippen molar-refractivity contribution in [3.05, 3.63) is 65.0 Å². The number of likely N-dealkylation sites (tertiary alicyclic amines) is 1. The number of ether oxygens (including phenoxy) is 2. The van der Waals surface area contributed by atoms with Crippen molar-refractivity contribution in [3.63, 3.8) is 0 Å². The molecule has 0 aliphatic carbocycles. The van der Waals surface area contributed by atoms with Gasteiger partial charge < -0.3 is 19.7 Å². The molecule has 4 rings (SSSR count). The maximum atomic E-state index is 12.9. The van der Waals surface area contributed by atoms with Crippen LogP contribution in [-0.2, 0) is 16.0 Å². The molecule has 1 aromatic carbocycles. The lowest BCUT2D eigenvalue weighted by atomic mass is 10.0. The number of aryl methyl sites for hydroxylation is 1. The van der Waals surface area contributed by atoms with E-state index in [0.29, 0.717) is 51.3 Å². The summed E-state index contributed by atoms with van der Waals surface area (Å²) in [4.78, 5) is 31.3. The van der Waals surface area contributed by atoms with Crippen LogP contribution in [0.2, 0.25) is 0 Å². The van der Waals surface area contributed by atoms with Crippen molar-refractivity contribution in [1.82, 2.24) is 15.2 Å². The first-order chi connectivity index (χ1) is 14.0. The number of carbonyl (C=O) groups excluding carboxylic acids is 2. The molecular weight excluding hydrogens is 370 g/mol. The number of pyridine rings is 1. The first-order valence-electron chi connectivity index (χ1n) is 9.92. The van der Waals surface area contributed by atoms with Crippen LogP contribution in [0.15, 0.2) is 42.6 Å². The molecule has 7 nitrogen and oxygen atoms in total. The smallest absolute Gasteiger partial charge is 0.270 e. The highest BCUT2D eigenvalue weighted by atomic mass is 16.7. The predicted molar refractivity (Wildman–Crippen MR) is 106 cm³/mol. The van der Waals surface area contributed by atoms with Gasteiger partial charge in [0.15, 0.2) is 5.79 Å². The van der Waals surface area contributed by atoms with Gasteiger partial charge in [-0.15, -0.1) is 0 Å². The summed E-state index contributed by atoms with van der Waals surface area (Å²) in [6.07, 6.45) is 2.82. The Labute approximate surface area is 170 Å². The number of amides is 2. The number of benzene rings is 1. The Morgan fingerprint density at radius 2 is 1.90 bits per heavy atom. The summed E-state index contributed by atoms with van der Waals surface area (Å²) in [5.41, 5.74) is 2.85. The van der Waals surface area contributed by atoms with Gasteiger partial charge in [-0.2, -0.15) is 0 Å². The van der Waals surface area contributed by atoms with Crippen molar-refractivity contribution >= 4 is 11.8 Å². The van der Waals surface area contributed by atoms with Crippen LogP contribution in [-0.4, -0.2) is 53.8 Å². The van der Waals surface area contributed by atoms with Gasteiger partial charge in [-0.05, 0) is 24.6 Å². The van der Waals surface area contributed by atoms with E-state index < -0.39 is 5.79 Å². The fourth-order valence-electron chi connectivity index (χ4n) is 3.80. The molecule has 2 fully saturated rings. The molecule has 2 aromatic rings. The van der Waals surface area contributed by atoms with E-state index in [1.54, 1.807) is 17.0 Å². The van der Waals surface area contributed by atoms with Gasteiger partial charge in [0.05, 0.1) is 13.2 Å². The molecule has 1 aromatic heterocycles. The Kier molecular flexibility index (Phi) is 5.60. The van der Waals surface area contributed by atoms with E-state index in [1.807, 2.05) is 31.2 Å². The van der Waals surface area contributed by atoms with E-state index in [1.165, 1.54) is 6.20 Å². The summed E-state index contributed by atoms with van der Waals surface area (Å²) in [5, 5.41) is 2.86. The van der Waals surface area contributed by atoms with Crippen LogP contribution in [0.25, 0.3) is 0 Å². The van der Waals surface area contributed by atoms with Gasteiger partial charge in [0.1, 0.15) is 5.69 Å². The fourth-order valence-corrected chi connectivity index (χ4v) is 3.80. The molecule has 0 unspecified atom stereocenters. The summed E-state index contributed by atoms with van der Waals surface area (Å²) in [6.45, 7) is 4.77. The van der Waals surface area contributed by atoms with Gasteiger partial charge in [0.2, 0.25) is 0 Å². The topological polar surface area (TPSA) is 80.8 Å². The second-order valence-corrected chi connectivity index (χ2v) is 7.50. The zero-order valence-electron chi connectivity index (χ0n) is 16.5. The second-order valence-electron chi connectivity index (χ2n) is 7.50. The largest absolute Gasteiger partial charge is 0.347 e. The second kappa shape index (κ2) is 8.31. The molecule has 2 aliphatic heterocycles. The zero-order chi connectivity index (χ0) is 20.3. The number of nitrogens with zero attached hydrogens (tertiary/aromatic N) is 2. The summed E-state index contributed by atoms with van der Waals surface area (Å²) in [7, 11) is 0. The molecule has 3 heterocycles. The quantitative estimate of drug-likeness (QED) is 0.859. The van der Waals surface area contributed by atoms with Crippen molar-refractivity contribution in [1.29, 1.82) is 0 Å². The van der Waals surface area contributed by atoms with Crippen molar-refractivity contribution in [2.75, 3.05) is 26.3 Å². The van der Waals surface area contributed by atoms with Gasteiger partial charge in [0, 0.05) is 44.2 Å². The van der Waals surface area contributed by atoms with Crippen molar-refractivity contribution in [2.45, 2.75) is 32.1 Å². The van der Waals surface area contributed by atoms with E-state index >= 15 is 0 Å². The molecule has 0 radical (unpaired) electrons. The van der Waals surface area contributed by atoms with Gasteiger partial charge >= 0.3 is 0 Å². The van der Waals surface area contributed by atoms with Crippen LogP contribution in [0, 0.1) is 6.92 Å². The molecular formula is C22H25N3O4. The monoisotopic (exact) mass is 395 g/mol. The van der Waals surface area contributed by atoms with Gasteiger partial charge in [-0.25, -0.2) is 0 Å². The van der Waals surface area contributed by atoms with Crippen LogP contribution < -0.4 is 5.32 Å². The molecule has 152 valence electrons. The molecule has 1 N–H and O–H groups in total. The minimum atomic E-state index is -0.518. The number of nitrogens with one attached hydrogen (secondary N) is 1. The Balaban J connectivity index is 1.37. The number of hydrogen-bond donors (Lipinski definition) is 1. The normalized spacial score (nSPS) is 18.0. The number of rotatable bonds is 4. The van der Waals surface area contributed by atoms with Gasteiger partial charge in [-0.3, -0.25) is 14.6 Å². The van der Waals surface area contributed by atoms with Crippen LogP contribution >= 0.6 is 0 Å². The summed E-state index contributed by atoms with van der Waals surface area (Å²) < 4.78 is 11.4. The summed E-state index contributed by atoms with van der Waals surface area (Å²) in [6, 6.07) is 11.2. The molecule has 2 amide bonds. The van der Waals surface area contributed by atoms with Crippen LogP contribution in [0.3, 0.4) is 0 Å². The number of hydrogen-bond acceptors (Lipinski definition) is 5. The lowest BCUT2D eigenvalue weighted by molar-refractivity contribution is -0.181. The van der Waals surface area contributed by atoms with Crippen LogP contribution in [0.5, 0.6) is 0 Å². The molecule has 1 spiro atoms. The van der Waals surface area contributed by atoms with Gasteiger partial charge in [0.25, 0.3) is 11.8 Å². The van der Waals surface area contributed by atoms with Crippen LogP contribution in [0.4, 0.5) is 0 Å². The molecule has 2 saturated heterocycles. The molecule has 0 bridgehead atoms. The van der Waals surface area contributed by atoms with Crippen LogP contribution in [0.1, 0.15) is 44.8 Å². The van der Waals surface area contributed by atoms with Gasteiger partial charge in [-0.1, -0.05) is 29.8 Å². The molecule has 2 aliphatic rings. The summed E-state index contributed by atoms with van der Waals surface area (Å²) in [5.74, 6) is -0.921. The predicted octanol–water partition coefficient (Wildman–Crippen LogP) is 2.30. The lowest BCUT2D eigenvalue weighted by Gasteiger charge is -2.37. The number of aromatic nitrogens is 1. The average Bonchev–Trinajstić information content (AvgIpc) is 3.20. The minimum Gasteiger partial charge on any atom is -0.347 e. The first-order valence-corrected chi connectivity index (χ1v) is 9.92. The van der Waals surface area contributed by atoms with Crippen molar-refractivity contribution in [3.8, 4) is 0 Å². The number of piperidine rings is 1. The van der Waals surface area contributed by atoms with E-state index in [0.717, 1.165) is 11.1 Å². The van der Waals surface area contributed by atoms with E-state index in [9.17, 15) is 9.59 Å². The Morgan fingerprint density at radius 1 is 1.14 bits per heavy atom. The van der Waals surface area contributed by atoms with Crippen molar-refractivity contribution in [2.24, 2.45) is 0 Å². The molecule has 29 heavy (non-hydrogen) atoms. The van der Waals surface area contributed by atoms with E-state index in [4.69, 9.17) is 9.47 Å². The van der Waals surface area contributed by atoms with Crippen molar-refractivity contribution < 1.29 is 19.1 Å². The Hall–Kier alpha value is -2.77. The SMILES string of the molecule is Cc1cccc(CNC(=O)c2cc(C(=O)N3CCC4(CC3)OCCO4)ccn2)c1. The molecule has 7 heteroatoms. The lowest BCUT2D eigenvalue weighted by Crippen LogP contribution is -2.47. The summed E-state index contributed by atoms with van der Waals surface area (Å²) >= 11 is 0. The van der Waals surface area contributed by atoms with E-state index in [-0.39, 0.29) is 17.5 Å². The Morgan fingerprint density at radius 3 is 2.62 bits per heavy atom. The first kappa shape index (κ1) is 19.5. The highest BCUT2D eigenvalue weighted by molar-refractivity contribution is 5.98. The third-order valence-electron chi connectivity index (χ3n) is 5.40. The highest BCUT2D eigenvalue weighted by Gasteiger charge is 2.40.